The molecule has 112 valence electrons. The zero-order chi connectivity index (χ0) is 15.4. The number of hydrogen-bond donors (Lipinski definition) is 2. The van der Waals surface area contributed by atoms with Gasteiger partial charge in [-0.25, -0.2) is 4.79 Å². The number of thiophene rings is 1. The van der Waals surface area contributed by atoms with Gasteiger partial charge in [-0.05, 0) is 46.2 Å². The predicted molar refractivity (Wildman–Crippen MR) is 80.2 cm³/mol. The second kappa shape index (κ2) is 6.74. The standard InChI is InChI=1S/C14H22N2O3S/c1-8(2)16(7-13(17)18)14(19)15-10(4)12-6-9(3)20-11(12)5/h6,8,10H,7H2,1-5H3,(H,15,19)(H,17,18). The van der Waals surface area contributed by atoms with Crippen LogP contribution in [0.1, 0.15) is 42.1 Å². The van der Waals surface area contributed by atoms with E-state index < -0.39 is 5.97 Å². The van der Waals surface area contributed by atoms with Gasteiger partial charge < -0.3 is 15.3 Å². The molecular formula is C14H22N2O3S. The lowest BCUT2D eigenvalue weighted by atomic mass is 10.1. The zero-order valence-electron chi connectivity index (χ0n) is 12.6. The first kappa shape index (κ1) is 16.5. The molecule has 5 nitrogen and oxygen atoms in total. The first-order valence-corrected chi connectivity index (χ1v) is 7.39. The van der Waals surface area contributed by atoms with Crippen LogP contribution < -0.4 is 5.32 Å². The molecular weight excluding hydrogens is 276 g/mol. The molecule has 1 aromatic heterocycles. The van der Waals surface area contributed by atoms with E-state index in [1.165, 1.54) is 14.7 Å². The number of aryl methyl sites for hydroxylation is 2. The molecule has 1 unspecified atom stereocenters. The smallest absolute Gasteiger partial charge is 0.323 e. The van der Waals surface area contributed by atoms with Crippen LogP contribution >= 0.6 is 11.3 Å². The van der Waals surface area contributed by atoms with Gasteiger partial charge in [0.2, 0.25) is 0 Å². The van der Waals surface area contributed by atoms with Crippen molar-refractivity contribution in [3.8, 4) is 0 Å². The molecule has 0 saturated heterocycles. The number of aliphatic carboxylic acids is 1. The molecule has 2 N–H and O–H groups in total. The fourth-order valence-corrected chi connectivity index (χ4v) is 3.08. The van der Waals surface area contributed by atoms with E-state index in [-0.39, 0.29) is 24.7 Å². The van der Waals surface area contributed by atoms with Crippen LogP contribution in [-0.2, 0) is 4.79 Å². The first-order chi connectivity index (χ1) is 9.22. The monoisotopic (exact) mass is 298 g/mol. The third-order valence-electron chi connectivity index (χ3n) is 3.08. The SMILES string of the molecule is Cc1cc(C(C)NC(=O)N(CC(=O)O)C(C)C)c(C)s1. The van der Waals surface area contributed by atoms with Crippen LogP contribution in [0.25, 0.3) is 0 Å². The Morgan fingerprint density at radius 1 is 1.35 bits per heavy atom. The van der Waals surface area contributed by atoms with E-state index in [1.807, 2.05) is 20.8 Å². The third-order valence-corrected chi connectivity index (χ3v) is 4.06. The molecule has 6 heteroatoms. The highest BCUT2D eigenvalue weighted by molar-refractivity contribution is 7.12. The summed E-state index contributed by atoms with van der Waals surface area (Å²) in [6, 6.07) is 1.41. The Bertz CT molecular complexity index is 497. The fourth-order valence-electron chi connectivity index (χ4n) is 2.06. The molecule has 0 aliphatic heterocycles. The molecule has 1 rings (SSSR count). The van der Waals surface area contributed by atoms with E-state index in [0.29, 0.717) is 0 Å². The average Bonchev–Trinajstić information content (AvgIpc) is 2.64. The number of hydrogen-bond acceptors (Lipinski definition) is 3. The molecule has 20 heavy (non-hydrogen) atoms. The summed E-state index contributed by atoms with van der Waals surface area (Å²) in [5.74, 6) is -1.01. The third kappa shape index (κ3) is 4.23. The summed E-state index contributed by atoms with van der Waals surface area (Å²) in [6.45, 7) is 9.26. The maximum absolute atomic E-state index is 12.2. The van der Waals surface area contributed by atoms with E-state index >= 15 is 0 Å². The van der Waals surface area contributed by atoms with Gasteiger partial charge in [0.1, 0.15) is 6.54 Å². The lowest BCUT2D eigenvalue weighted by molar-refractivity contribution is -0.138. The Kier molecular flexibility index (Phi) is 5.56. The summed E-state index contributed by atoms with van der Waals surface area (Å²) in [4.78, 5) is 26.7. The molecule has 0 aliphatic carbocycles. The minimum absolute atomic E-state index is 0.137. The van der Waals surface area contributed by atoms with Crippen LogP contribution in [0.15, 0.2) is 6.07 Å². The second-order valence-corrected chi connectivity index (χ2v) is 6.62. The highest BCUT2D eigenvalue weighted by atomic mass is 32.1. The van der Waals surface area contributed by atoms with Gasteiger partial charge in [-0.2, -0.15) is 0 Å². The quantitative estimate of drug-likeness (QED) is 0.878. The van der Waals surface area contributed by atoms with Gasteiger partial charge >= 0.3 is 12.0 Å². The summed E-state index contributed by atoms with van der Waals surface area (Å²) in [7, 11) is 0. The number of rotatable bonds is 5. The van der Waals surface area contributed by atoms with Gasteiger partial charge in [0, 0.05) is 15.8 Å². The van der Waals surface area contributed by atoms with E-state index in [0.717, 1.165) is 5.56 Å². The fraction of sp³-hybridized carbons (Fsp3) is 0.571. The van der Waals surface area contributed by atoms with E-state index in [1.54, 1.807) is 25.2 Å². The highest BCUT2D eigenvalue weighted by Crippen LogP contribution is 2.26. The van der Waals surface area contributed by atoms with Crippen molar-refractivity contribution >= 4 is 23.3 Å². The van der Waals surface area contributed by atoms with Crippen molar-refractivity contribution in [3.63, 3.8) is 0 Å². The van der Waals surface area contributed by atoms with Crippen molar-refractivity contribution in [3.05, 3.63) is 21.4 Å². The Balaban J connectivity index is 2.77. The minimum atomic E-state index is -1.01. The minimum Gasteiger partial charge on any atom is -0.480 e. The zero-order valence-corrected chi connectivity index (χ0v) is 13.4. The van der Waals surface area contributed by atoms with Gasteiger partial charge in [0.15, 0.2) is 0 Å². The number of carboxylic acid groups (broad SMARTS) is 1. The van der Waals surface area contributed by atoms with Gasteiger partial charge in [0.25, 0.3) is 0 Å². The summed E-state index contributed by atoms with van der Waals surface area (Å²) in [5.41, 5.74) is 1.08. The Labute approximate surface area is 123 Å². The van der Waals surface area contributed by atoms with Crippen LogP contribution in [0.5, 0.6) is 0 Å². The number of nitrogens with one attached hydrogen (secondary N) is 1. The molecule has 2 amide bonds. The summed E-state index contributed by atoms with van der Waals surface area (Å²) in [5, 5.41) is 11.7. The Morgan fingerprint density at radius 3 is 2.35 bits per heavy atom. The maximum atomic E-state index is 12.2. The second-order valence-electron chi connectivity index (χ2n) is 5.16. The predicted octanol–water partition coefficient (Wildman–Crippen LogP) is 2.93. The molecule has 0 bridgehead atoms. The summed E-state index contributed by atoms with van der Waals surface area (Å²) in [6.07, 6.45) is 0. The number of nitrogens with zero attached hydrogens (tertiary/aromatic N) is 1. The summed E-state index contributed by atoms with van der Waals surface area (Å²) < 4.78 is 0. The summed E-state index contributed by atoms with van der Waals surface area (Å²) >= 11 is 1.69. The molecule has 0 saturated carbocycles. The number of carboxylic acids is 1. The van der Waals surface area contributed by atoms with E-state index in [4.69, 9.17) is 5.11 Å². The van der Waals surface area contributed by atoms with Gasteiger partial charge in [-0.3, -0.25) is 4.79 Å². The van der Waals surface area contributed by atoms with Gasteiger partial charge in [-0.1, -0.05) is 0 Å². The molecule has 0 fully saturated rings. The lowest BCUT2D eigenvalue weighted by Crippen LogP contribution is -2.47. The van der Waals surface area contributed by atoms with Crippen LogP contribution in [-0.4, -0.2) is 34.6 Å². The van der Waals surface area contributed by atoms with Crippen molar-refractivity contribution in [2.45, 2.75) is 46.7 Å². The number of carbonyl (C=O) groups excluding carboxylic acids is 1. The van der Waals surface area contributed by atoms with Gasteiger partial charge in [-0.15, -0.1) is 11.3 Å². The number of amides is 2. The van der Waals surface area contributed by atoms with Crippen LogP contribution in [0.3, 0.4) is 0 Å². The van der Waals surface area contributed by atoms with Crippen LogP contribution in [0.2, 0.25) is 0 Å². The number of urea groups is 1. The lowest BCUT2D eigenvalue weighted by Gasteiger charge is -2.27. The topological polar surface area (TPSA) is 69.6 Å². The number of carbonyl (C=O) groups is 2. The van der Waals surface area contributed by atoms with Crippen molar-refractivity contribution in [2.75, 3.05) is 6.54 Å². The Morgan fingerprint density at radius 2 is 1.95 bits per heavy atom. The largest absolute Gasteiger partial charge is 0.480 e. The van der Waals surface area contributed by atoms with Crippen molar-refractivity contribution < 1.29 is 14.7 Å². The molecule has 1 atom stereocenters. The van der Waals surface area contributed by atoms with E-state index in [2.05, 4.69) is 11.4 Å². The van der Waals surface area contributed by atoms with Crippen LogP contribution in [0, 0.1) is 13.8 Å². The average molecular weight is 298 g/mol. The van der Waals surface area contributed by atoms with Crippen LogP contribution in [0.4, 0.5) is 4.79 Å². The van der Waals surface area contributed by atoms with Crippen molar-refractivity contribution in [2.24, 2.45) is 0 Å². The van der Waals surface area contributed by atoms with Crippen molar-refractivity contribution in [1.82, 2.24) is 10.2 Å². The first-order valence-electron chi connectivity index (χ1n) is 6.58. The Hall–Kier alpha value is -1.56. The van der Waals surface area contributed by atoms with Gasteiger partial charge in [0.05, 0.1) is 6.04 Å². The molecule has 0 spiro atoms. The maximum Gasteiger partial charge on any atom is 0.323 e. The molecule has 0 radical (unpaired) electrons. The highest BCUT2D eigenvalue weighted by Gasteiger charge is 2.22. The molecule has 0 aromatic carbocycles. The van der Waals surface area contributed by atoms with E-state index in [9.17, 15) is 9.59 Å². The molecule has 1 heterocycles. The normalized spacial score (nSPS) is 12.3. The molecule has 0 aliphatic rings. The van der Waals surface area contributed by atoms with Crippen molar-refractivity contribution in [1.29, 1.82) is 0 Å². The molecule has 1 aromatic rings.